The van der Waals surface area contributed by atoms with Gasteiger partial charge in [0, 0.05) is 30.1 Å². The second kappa shape index (κ2) is 10.6. The molecule has 1 rings (SSSR count). The van der Waals surface area contributed by atoms with E-state index in [0.29, 0.717) is 17.1 Å². The van der Waals surface area contributed by atoms with Crippen LogP contribution in [0.4, 0.5) is 4.39 Å². The Morgan fingerprint density at radius 3 is 2.17 bits per heavy atom. The molecule has 0 aliphatic carbocycles. The van der Waals surface area contributed by atoms with E-state index >= 15 is 0 Å². The number of nitrogens with two attached hydrogens (primary N) is 1. The zero-order valence-corrected chi connectivity index (χ0v) is 18.2. The third-order valence-corrected chi connectivity index (χ3v) is 4.55. The number of aliphatic hydroxyl groups is 1. The summed E-state index contributed by atoms with van der Waals surface area (Å²) in [6, 6.07) is 0. The molecule has 3 N–H and O–H groups in total. The molecule has 6 heteroatoms. The Labute approximate surface area is 172 Å². The van der Waals surface area contributed by atoms with Gasteiger partial charge in [-0.3, -0.25) is 4.79 Å². The van der Waals surface area contributed by atoms with E-state index in [-0.39, 0.29) is 5.83 Å². The van der Waals surface area contributed by atoms with E-state index in [9.17, 15) is 14.3 Å². The Bertz CT molecular complexity index is 911. The molecule has 1 heterocycles. The van der Waals surface area contributed by atoms with E-state index in [1.54, 1.807) is 19.2 Å². The molecule has 5 nitrogen and oxygen atoms in total. The van der Waals surface area contributed by atoms with Gasteiger partial charge < -0.3 is 20.1 Å². The number of aliphatic hydroxyl groups excluding tert-OH is 1. The highest BCUT2D eigenvalue weighted by atomic mass is 19.1. The number of rotatable bonds is 8. The normalized spacial score (nSPS) is 15.6. The van der Waals surface area contributed by atoms with Crippen LogP contribution in [-0.2, 0) is 16.6 Å². The number of nitrogens with zero attached hydrogens (tertiary/aromatic N) is 1. The molecule has 29 heavy (non-hydrogen) atoms. The van der Waals surface area contributed by atoms with Gasteiger partial charge in [-0.25, -0.2) is 4.39 Å². The first-order valence-corrected chi connectivity index (χ1v) is 9.29. The predicted octanol–water partition coefficient (Wildman–Crippen LogP) is 4.90. The fraction of sp³-hybridized carbons (Fsp3) is 0.348. The van der Waals surface area contributed by atoms with Crippen LogP contribution in [0.3, 0.4) is 0 Å². The highest BCUT2D eigenvalue weighted by Crippen LogP contribution is 2.27. The summed E-state index contributed by atoms with van der Waals surface area (Å²) in [6.45, 7) is 10.8. The van der Waals surface area contributed by atoms with Gasteiger partial charge in [0.15, 0.2) is 6.10 Å². The molecule has 0 saturated carbocycles. The number of carbonyl (C=O) groups excluding carboxylic acids is 1. The van der Waals surface area contributed by atoms with Gasteiger partial charge in [-0.1, -0.05) is 6.08 Å². The maximum absolute atomic E-state index is 12.8. The van der Waals surface area contributed by atoms with Gasteiger partial charge in [0.1, 0.15) is 11.5 Å². The van der Waals surface area contributed by atoms with Crippen LogP contribution in [0.15, 0.2) is 59.0 Å². The minimum absolute atomic E-state index is 0.289. The monoisotopic (exact) mass is 402 g/mol. The number of aryl methyl sites for hydroxylation is 1. The lowest BCUT2D eigenvalue weighted by molar-refractivity contribution is -0.126. The topological polar surface area (TPSA) is 77.5 Å². The minimum atomic E-state index is -1.36. The molecule has 1 amide bonds. The molecule has 158 valence electrons. The van der Waals surface area contributed by atoms with E-state index in [2.05, 4.69) is 0 Å². The highest BCUT2D eigenvalue weighted by Gasteiger charge is 2.21. The molecular weight excluding hydrogens is 371 g/mol. The highest BCUT2D eigenvalue weighted by molar-refractivity contribution is 5.82. The third-order valence-electron chi connectivity index (χ3n) is 4.55. The largest absolute Gasteiger partial charge is 0.467 e. The summed E-state index contributed by atoms with van der Waals surface area (Å²) in [5, 5.41) is 10.1. The zero-order valence-electron chi connectivity index (χ0n) is 18.2. The van der Waals surface area contributed by atoms with Crippen LogP contribution in [0.2, 0.25) is 0 Å². The Balaban J connectivity index is 3.11. The quantitative estimate of drug-likeness (QED) is 0.480. The van der Waals surface area contributed by atoms with Crippen LogP contribution in [0.25, 0.3) is 6.08 Å². The summed E-state index contributed by atoms with van der Waals surface area (Å²) in [4.78, 5) is 11.4. The molecule has 0 bridgehead atoms. The Kier molecular flexibility index (Phi) is 8.85. The van der Waals surface area contributed by atoms with Crippen molar-refractivity contribution in [2.24, 2.45) is 12.8 Å². The summed E-state index contributed by atoms with van der Waals surface area (Å²) in [6.07, 6.45) is 8.93. The lowest BCUT2D eigenvalue weighted by atomic mass is 10.0. The lowest BCUT2D eigenvalue weighted by Gasteiger charge is -2.08. The molecule has 0 aromatic carbocycles. The van der Waals surface area contributed by atoms with E-state index in [1.807, 2.05) is 57.5 Å². The number of hydrogen-bond donors (Lipinski definition) is 2. The second-order valence-corrected chi connectivity index (χ2v) is 7.09. The fourth-order valence-corrected chi connectivity index (χ4v) is 2.59. The van der Waals surface area contributed by atoms with Crippen LogP contribution >= 0.6 is 0 Å². The van der Waals surface area contributed by atoms with Crippen LogP contribution in [0.1, 0.15) is 57.5 Å². The van der Waals surface area contributed by atoms with Crippen molar-refractivity contribution in [3.8, 4) is 0 Å². The van der Waals surface area contributed by atoms with Crippen LogP contribution in [0.5, 0.6) is 0 Å². The van der Waals surface area contributed by atoms with Gasteiger partial charge in [-0.05, 0) is 77.0 Å². The third kappa shape index (κ3) is 7.23. The van der Waals surface area contributed by atoms with E-state index in [0.717, 1.165) is 22.4 Å². The Morgan fingerprint density at radius 2 is 1.66 bits per heavy atom. The molecule has 1 unspecified atom stereocenters. The number of aromatic nitrogens is 1. The molecule has 0 saturated heterocycles. The first-order valence-electron chi connectivity index (χ1n) is 9.29. The van der Waals surface area contributed by atoms with Crippen LogP contribution in [0, 0.1) is 6.92 Å². The van der Waals surface area contributed by atoms with Crippen molar-refractivity contribution in [3.05, 3.63) is 75.8 Å². The van der Waals surface area contributed by atoms with Gasteiger partial charge >= 0.3 is 0 Å². The minimum Gasteiger partial charge on any atom is -0.467 e. The van der Waals surface area contributed by atoms with E-state index < -0.39 is 12.0 Å². The van der Waals surface area contributed by atoms with Crippen molar-refractivity contribution >= 4 is 12.0 Å². The molecule has 0 radical (unpaired) electrons. The average molecular weight is 403 g/mol. The first kappa shape index (κ1) is 24.2. The number of amides is 1. The molecule has 0 aliphatic heterocycles. The molecule has 0 fully saturated rings. The summed E-state index contributed by atoms with van der Waals surface area (Å²) < 4.78 is 20.2. The number of primary amides is 1. The van der Waals surface area contributed by atoms with Crippen molar-refractivity contribution in [1.29, 1.82) is 0 Å². The summed E-state index contributed by atoms with van der Waals surface area (Å²) in [5.74, 6) is 0.172. The summed E-state index contributed by atoms with van der Waals surface area (Å²) in [7, 11) is 1.85. The van der Waals surface area contributed by atoms with Crippen molar-refractivity contribution < 1.29 is 19.0 Å². The molecular formula is C23H31FN2O3. The van der Waals surface area contributed by atoms with Crippen LogP contribution < -0.4 is 5.73 Å². The average Bonchev–Trinajstić information content (AvgIpc) is 2.91. The standard InChI is InChI=1S/C23H31FN2O3/c1-14(8-10-17(4)29-18(5)11-9-16(3)24)15(2)12-20-19(6)26(7)13-21(20)22(27)23(25)28/h8-13,22,27H,1-7H3,(H2,25,28). The second-order valence-electron chi connectivity index (χ2n) is 7.09. The molecule has 1 aromatic heterocycles. The maximum Gasteiger partial charge on any atom is 0.250 e. The summed E-state index contributed by atoms with van der Waals surface area (Å²) >= 11 is 0. The van der Waals surface area contributed by atoms with Gasteiger partial charge in [0.05, 0.1) is 5.83 Å². The number of carbonyl (C=O) groups is 1. The first-order chi connectivity index (χ1) is 13.4. The molecule has 0 aliphatic rings. The van der Waals surface area contributed by atoms with Gasteiger partial charge in [0.25, 0.3) is 5.91 Å². The van der Waals surface area contributed by atoms with E-state index in [1.165, 1.54) is 13.0 Å². The van der Waals surface area contributed by atoms with Gasteiger partial charge in [-0.2, -0.15) is 0 Å². The SMILES string of the molecule is CC(F)=CC=C(C)OC(C)=CC=C(C)C(C)=Cc1c(C(O)C(N)=O)cn(C)c1C. The van der Waals surface area contributed by atoms with Crippen molar-refractivity contribution in [1.82, 2.24) is 4.57 Å². The fourth-order valence-electron chi connectivity index (χ4n) is 2.59. The van der Waals surface area contributed by atoms with Gasteiger partial charge in [0.2, 0.25) is 0 Å². The lowest BCUT2D eigenvalue weighted by Crippen LogP contribution is -2.21. The van der Waals surface area contributed by atoms with Crippen molar-refractivity contribution in [2.75, 3.05) is 0 Å². The summed E-state index contributed by atoms with van der Waals surface area (Å²) in [5.41, 5.74) is 9.38. The molecule has 1 atom stereocenters. The Hall–Kier alpha value is -2.86. The number of ether oxygens (including phenoxy) is 1. The smallest absolute Gasteiger partial charge is 0.250 e. The molecule has 1 aromatic rings. The number of hydrogen-bond acceptors (Lipinski definition) is 3. The van der Waals surface area contributed by atoms with Crippen LogP contribution in [-0.4, -0.2) is 15.6 Å². The maximum atomic E-state index is 12.8. The predicted molar refractivity (Wildman–Crippen MR) is 115 cm³/mol. The van der Waals surface area contributed by atoms with Crippen molar-refractivity contribution in [2.45, 2.75) is 47.6 Å². The van der Waals surface area contributed by atoms with E-state index in [4.69, 9.17) is 10.5 Å². The number of halogens is 1. The number of allylic oxidation sites excluding steroid dienone is 9. The van der Waals surface area contributed by atoms with Crippen molar-refractivity contribution in [3.63, 3.8) is 0 Å². The zero-order chi connectivity index (χ0) is 22.3. The van der Waals surface area contributed by atoms with Gasteiger partial charge in [-0.15, -0.1) is 0 Å². The molecule has 0 spiro atoms. The Morgan fingerprint density at radius 1 is 1.10 bits per heavy atom.